The molecular weight excluding hydrogens is 240 g/mol. The van der Waals surface area contributed by atoms with Crippen LogP contribution in [0.3, 0.4) is 0 Å². The summed E-state index contributed by atoms with van der Waals surface area (Å²) < 4.78 is 16.7. The van der Waals surface area contributed by atoms with Gasteiger partial charge in [-0.3, -0.25) is 0 Å². The van der Waals surface area contributed by atoms with Crippen molar-refractivity contribution in [3.8, 4) is 5.75 Å². The van der Waals surface area contributed by atoms with Crippen LogP contribution in [-0.4, -0.2) is 26.1 Å². The zero-order valence-corrected chi connectivity index (χ0v) is 12.7. The third-order valence-corrected chi connectivity index (χ3v) is 2.79. The van der Waals surface area contributed by atoms with Gasteiger partial charge in [-0.25, -0.2) is 0 Å². The molecule has 0 aliphatic heterocycles. The number of ether oxygens (including phenoxy) is 3. The highest BCUT2D eigenvalue weighted by atomic mass is 16.7. The van der Waals surface area contributed by atoms with Gasteiger partial charge in [0.2, 0.25) is 0 Å². The maximum absolute atomic E-state index is 5.76. The second kappa shape index (κ2) is 7.51. The summed E-state index contributed by atoms with van der Waals surface area (Å²) in [6.45, 7) is 12.1. The van der Waals surface area contributed by atoms with E-state index in [0.29, 0.717) is 19.8 Å². The highest BCUT2D eigenvalue weighted by Gasteiger charge is 2.14. The van der Waals surface area contributed by atoms with E-state index in [1.807, 2.05) is 26.0 Å². The lowest BCUT2D eigenvalue weighted by molar-refractivity contribution is -0.152. The van der Waals surface area contributed by atoms with Crippen molar-refractivity contribution in [2.24, 2.45) is 0 Å². The first-order chi connectivity index (χ1) is 8.97. The van der Waals surface area contributed by atoms with Gasteiger partial charge in [0, 0.05) is 13.2 Å². The molecule has 19 heavy (non-hydrogen) atoms. The lowest BCUT2D eigenvalue weighted by Crippen LogP contribution is -2.25. The predicted octanol–water partition coefficient (Wildman–Crippen LogP) is 3.76. The maximum Gasteiger partial charge on any atom is 0.191 e. The lowest BCUT2D eigenvalue weighted by atomic mass is 9.87. The summed E-state index contributed by atoms with van der Waals surface area (Å²) in [5.74, 6) is 0.858. The van der Waals surface area contributed by atoms with Gasteiger partial charge in [0.1, 0.15) is 12.4 Å². The van der Waals surface area contributed by atoms with Gasteiger partial charge in [-0.15, -0.1) is 0 Å². The van der Waals surface area contributed by atoms with Gasteiger partial charge in [-0.1, -0.05) is 32.9 Å². The van der Waals surface area contributed by atoms with Crippen LogP contribution in [0.1, 0.15) is 40.2 Å². The smallest absolute Gasteiger partial charge is 0.191 e. The van der Waals surface area contributed by atoms with Crippen LogP contribution in [0.2, 0.25) is 0 Å². The normalized spacial score (nSPS) is 11.9. The lowest BCUT2D eigenvalue weighted by Gasteiger charge is -2.21. The first-order valence-corrected chi connectivity index (χ1v) is 6.94. The van der Waals surface area contributed by atoms with Gasteiger partial charge in [0.15, 0.2) is 6.29 Å². The first kappa shape index (κ1) is 16.0. The fraction of sp³-hybridized carbons (Fsp3) is 0.625. The molecule has 0 saturated heterocycles. The Kier molecular flexibility index (Phi) is 6.32. The summed E-state index contributed by atoms with van der Waals surface area (Å²) in [6, 6.07) is 8.18. The minimum Gasteiger partial charge on any atom is -0.488 e. The standard InChI is InChI=1S/C16H26O3/c1-6-17-15(18-7-2)12-19-14-10-8-9-13(11-14)16(3,4)5/h8-11,15H,6-7,12H2,1-5H3. The van der Waals surface area contributed by atoms with E-state index >= 15 is 0 Å². The molecule has 0 fully saturated rings. The van der Waals surface area contributed by atoms with E-state index in [1.165, 1.54) is 5.56 Å². The van der Waals surface area contributed by atoms with Crippen molar-refractivity contribution in [1.82, 2.24) is 0 Å². The Morgan fingerprint density at radius 1 is 1.05 bits per heavy atom. The van der Waals surface area contributed by atoms with Gasteiger partial charge in [-0.05, 0) is 37.0 Å². The van der Waals surface area contributed by atoms with Gasteiger partial charge >= 0.3 is 0 Å². The van der Waals surface area contributed by atoms with Crippen LogP contribution in [0.25, 0.3) is 0 Å². The summed E-state index contributed by atoms with van der Waals surface area (Å²) in [6.07, 6.45) is -0.298. The van der Waals surface area contributed by atoms with Crippen LogP contribution >= 0.6 is 0 Å². The third-order valence-electron chi connectivity index (χ3n) is 2.79. The monoisotopic (exact) mass is 266 g/mol. The van der Waals surface area contributed by atoms with Crippen molar-refractivity contribution in [3.63, 3.8) is 0 Å². The molecule has 0 radical (unpaired) electrons. The van der Waals surface area contributed by atoms with Crippen molar-refractivity contribution in [1.29, 1.82) is 0 Å². The molecule has 0 aliphatic carbocycles. The number of rotatable bonds is 7. The van der Waals surface area contributed by atoms with Crippen LogP contribution in [-0.2, 0) is 14.9 Å². The van der Waals surface area contributed by atoms with E-state index in [0.717, 1.165) is 5.75 Å². The van der Waals surface area contributed by atoms with Crippen LogP contribution in [0, 0.1) is 0 Å². The van der Waals surface area contributed by atoms with E-state index in [2.05, 4.69) is 32.9 Å². The Labute approximate surface area is 116 Å². The second-order valence-corrected chi connectivity index (χ2v) is 5.43. The summed E-state index contributed by atoms with van der Waals surface area (Å²) in [5, 5.41) is 0. The summed E-state index contributed by atoms with van der Waals surface area (Å²) in [5.41, 5.74) is 1.38. The van der Waals surface area contributed by atoms with Crippen molar-refractivity contribution < 1.29 is 14.2 Å². The molecule has 0 bridgehead atoms. The number of hydrogen-bond acceptors (Lipinski definition) is 3. The third kappa shape index (κ3) is 5.62. The minimum atomic E-state index is -0.298. The van der Waals surface area contributed by atoms with Gasteiger partial charge in [0.25, 0.3) is 0 Å². The van der Waals surface area contributed by atoms with Gasteiger partial charge in [0.05, 0.1) is 0 Å². The van der Waals surface area contributed by atoms with Crippen LogP contribution in [0.4, 0.5) is 0 Å². The van der Waals surface area contributed by atoms with Crippen molar-refractivity contribution in [2.75, 3.05) is 19.8 Å². The van der Waals surface area contributed by atoms with E-state index in [4.69, 9.17) is 14.2 Å². The molecule has 1 aromatic rings. The molecule has 0 aliphatic rings. The molecule has 1 rings (SSSR count). The molecule has 3 heteroatoms. The van der Waals surface area contributed by atoms with Gasteiger partial charge < -0.3 is 14.2 Å². The summed E-state index contributed by atoms with van der Waals surface area (Å²) in [7, 11) is 0. The SMILES string of the molecule is CCOC(COc1cccc(C(C)(C)C)c1)OCC. The molecule has 1 aromatic carbocycles. The molecule has 0 unspecified atom stereocenters. The largest absolute Gasteiger partial charge is 0.488 e. The van der Waals surface area contributed by atoms with E-state index in [-0.39, 0.29) is 11.7 Å². The van der Waals surface area contributed by atoms with E-state index in [9.17, 15) is 0 Å². The highest BCUT2D eigenvalue weighted by molar-refractivity contribution is 5.32. The van der Waals surface area contributed by atoms with Crippen LogP contribution in [0.5, 0.6) is 5.75 Å². The molecule has 0 amide bonds. The zero-order chi connectivity index (χ0) is 14.3. The average Bonchev–Trinajstić information content (AvgIpc) is 2.36. The topological polar surface area (TPSA) is 27.7 Å². The molecule has 0 saturated carbocycles. The zero-order valence-electron chi connectivity index (χ0n) is 12.7. The molecular formula is C16H26O3. The second-order valence-electron chi connectivity index (χ2n) is 5.43. The van der Waals surface area contributed by atoms with Crippen molar-refractivity contribution in [3.05, 3.63) is 29.8 Å². The molecule has 0 atom stereocenters. The number of benzene rings is 1. The Bertz CT molecular complexity index is 363. The van der Waals surface area contributed by atoms with Crippen molar-refractivity contribution >= 4 is 0 Å². The van der Waals surface area contributed by atoms with Crippen LogP contribution < -0.4 is 4.74 Å². The Hall–Kier alpha value is -1.06. The van der Waals surface area contributed by atoms with Crippen LogP contribution in [0.15, 0.2) is 24.3 Å². The molecule has 108 valence electrons. The highest BCUT2D eigenvalue weighted by Crippen LogP contribution is 2.25. The van der Waals surface area contributed by atoms with Gasteiger partial charge in [-0.2, -0.15) is 0 Å². The van der Waals surface area contributed by atoms with E-state index < -0.39 is 0 Å². The first-order valence-electron chi connectivity index (χ1n) is 6.94. The fourth-order valence-electron chi connectivity index (χ4n) is 1.73. The van der Waals surface area contributed by atoms with E-state index in [1.54, 1.807) is 0 Å². The molecule has 0 N–H and O–H groups in total. The molecule has 0 spiro atoms. The number of hydrogen-bond donors (Lipinski definition) is 0. The Balaban J connectivity index is 2.61. The molecule has 3 nitrogen and oxygen atoms in total. The Morgan fingerprint density at radius 2 is 1.68 bits per heavy atom. The average molecular weight is 266 g/mol. The Morgan fingerprint density at radius 3 is 2.21 bits per heavy atom. The summed E-state index contributed by atoms with van der Waals surface area (Å²) >= 11 is 0. The quantitative estimate of drug-likeness (QED) is 0.703. The maximum atomic E-state index is 5.76. The fourth-order valence-corrected chi connectivity index (χ4v) is 1.73. The summed E-state index contributed by atoms with van der Waals surface area (Å²) in [4.78, 5) is 0. The minimum absolute atomic E-state index is 0.124. The molecule has 0 heterocycles. The molecule has 0 aromatic heterocycles. The predicted molar refractivity (Wildman–Crippen MR) is 77.7 cm³/mol. The van der Waals surface area contributed by atoms with Crippen molar-refractivity contribution in [2.45, 2.75) is 46.3 Å².